The van der Waals surface area contributed by atoms with E-state index in [2.05, 4.69) is 21.3 Å². The summed E-state index contributed by atoms with van der Waals surface area (Å²) in [4.78, 5) is 11.5. The fourth-order valence-electron chi connectivity index (χ4n) is 3.22. The number of hydrogen-bond acceptors (Lipinski definition) is 4. The zero-order chi connectivity index (χ0) is 16.2. The first-order valence-electron chi connectivity index (χ1n) is 8.20. The Morgan fingerprint density at radius 3 is 2.83 bits per heavy atom. The molecule has 0 radical (unpaired) electrons. The van der Waals surface area contributed by atoms with Gasteiger partial charge in [0.2, 0.25) is 0 Å². The highest BCUT2D eigenvalue weighted by Crippen LogP contribution is 2.28. The molecule has 5 nitrogen and oxygen atoms in total. The van der Waals surface area contributed by atoms with Crippen molar-refractivity contribution in [1.29, 1.82) is 0 Å². The number of rotatable bonds is 6. The second-order valence-corrected chi connectivity index (χ2v) is 7.11. The molecule has 3 rings (SSSR count). The highest BCUT2D eigenvalue weighted by atomic mass is 32.1. The molecule has 0 amide bonds. The van der Waals surface area contributed by atoms with Crippen molar-refractivity contribution >= 4 is 17.3 Å². The number of thiophene rings is 1. The number of nitrogens with zero attached hydrogens (tertiary/aromatic N) is 2. The summed E-state index contributed by atoms with van der Waals surface area (Å²) in [5, 5.41) is 19.0. The van der Waals surface area contributed by atoms with Crippen molar-refractivity contribution in [1.82, 2.24) is 15.1 Å². The Bertz CT molecular complexity index is 671. The molecule has 0 unspecified atom stereocenters. The summed E-state index contributed by atoms with van der Waals surface area (Å²) in [6, 6.07) is 2.42. The third-order valence-electron chi connectivity index (χ3n) is 4.54. The van der Waals surface area contributed by atoms with E-state index in [1.165, 1.54) is 49.0 Å². The summed E-state index contributed by atoms with van der Waals surface area (Å²) in [6.45, 7) is 3.33. The van der Waals surface area contributed by atoms with Crippen LogP contribution < -0.4 is 5.32 Å². The molecule has 1 aliphatic carbocycles. The molecule has 2 aromatic heterocycles. The van der Waals surface area contributed by atoms with Crippen LogP contribution in [-0.2, 0) is 13.1 Å². The van der Waals surface area contributed by atoms with E-state index in [1.807, 2.05) is 18.4 Å². The standard InChI is InChI=1S/C17H23N3O2S/c1-12-14(11-20(19-12)15-5-3-2-4-6-15)10-18-9-13-7-8-23-16(13)17(21)22/h7-8,11,15,18H,2-6,9-10H2,1H3,(H,21,22). The van der Waals surface area contributed by atoms with E-state index in [0.717, 1.165) is 11.3 Å². The quantitative estimate of drug-likeness (QED) is 0.845. The average molecular weight is 333 g/mol. The molecule has 2 heterocycles. The van der Waals surface area contributed by atoms with Crippen LogP contribution in [0.15, 0.2) is 17.6 Å². The normalized spacial score (nSPS) is 15.9. The molecule has 2 aromatic rings. The van der Waals surface area contributed by atoms with Gasteiger partial charge in [-0.05, 0) is 36.8 Å². The molecular formula is C17H23N3O2S. The molecule has 124 valence electrons. The smallest absolute Gasteiger partial charge is 0.346 e. The lowest BCUT2D eigenvalue weighted by atomic mass is 9.96. The third-order valence-corrected chi connectivity index (χ3v) is 5.48. The van der Waals surface area contributed by atoms with Gasteiger partial charge in [0.15, 0.2) is 0 Å². The molecule has 6 heteroatoms. The Morgan fingerprint density at radius 2 is 2.09 bits per heavy atom. The van der Waals surface area contributed by atoms with Gasteiger partial charge in [-0.15, -0.1) is 11.3 Å². The van der Waals surface area contributed by atoms with Crippen molar-refractivity contribution in [3.63, 3.8) is 0 Å². The van der Waals surface area contributed by atoms with Crippen LogP contribution in [0, 0.1) is 6.92 Å². The fraction of sp³-hybridized carbons (Fsp3) is 0.529. The third kappa shape index (κ3) is 3.82. The summed E-state index contributed by atoms with van der Waals surface area (Å²) in [7, 11) is 0. The highest BCUT2D eigenvalue weighted by molar-refractivity contribution is 7.12. The number of aromatic carboxylic acids is 1. The number of carbonyl (C=O) groups is 1. The SMILES string of the molecule is Cc1nn(C2CCCCC2)cc1CNCc1ccsc1C(=O)O. The fourth-order valence-corrected chi connectivity index (χ4v) is 3.98. The Labute approximate surface area is 140 Å². The maximum Gasteiger partial charge on any atom is 0.346 e. The number of carboxylic acid groups (broad SMARTS) is 1. The second-order valence-electron chi connectivity index (χ2n) is 6.20. The lowest BCUT2D eigenvalue weighted by molar-refractivity contribution is 0.0701. The van der Waals surface area contributed by atoms with Gasteiger partial charge in [-0.3, -0.25) is 4.68 Å². The maximum atomic E-state index is 11.1. The molecule has 23 heavy (non-hydrogen) atoms. The van der Waals surface area contributed by atoms with E-state index in [9.17, 15) is 4.79 Å². The van der Waals surface area contributed by atoms with Crippen molar-refractivity contribution in [2.24, 2.45) is 0 Å². The van der Waals surface area contributed by atoms with E-state index >= 15 is 0 Å². The Morgan fingerprint density at radius 1 is 1.35 bits per heavy atom. The van der Waals surface area contributed by atoms with E-state index in [1.54, 1.807) is 0 Å². The van der Waals surface area contributed by atoms with Crippen molar-refractivity contribution in [3.8, 4) is 0 Å². The van der Waals surface area contributed by atoms with Gasteiger partial charge < -0.3 is 10.4 Å². The van der Waals surface area contributed by atoms with E-state index < -0.39 is 5.97 Å². The number of nitrogens with one attached hydrogen (secondary N) is 1. The summed E-state index contributed by atoms with van der Waals surface area (Å²) in [5.74, 6) is -0.849. The Kier molecular flexibility index (Phi) is 5.13. The van der Waals surface area contributed by atoms with Gasteiger partial charge in [0.05, 0.1) is 11.7 Å². The summed E-state index contributed by atoms with van der Waals surface area (Å²) < 4.78 is 2.14. The molecule has 0 atom stereocenters. The molecule has 0 bridgehead atoms. The number of carboxylic acids is 1. The average Bonchev–Trinajstić information content (AvgIpc) is 3.16. The lowest BCUT2D eigenvalue weighted by Crippen LogP contribution is -2.15. The Hall–Kier alpha value is -1.66. The number of hydrogen-bond donors (Lipinski definition) is 2. The zero-order valence-electron chi connectivity index (χ0n) is 13.4. The predicted molar refractivity (Wildman–Crippen MR) is 90.9 cm³/mol. The van der Waals surface area contributed by atoms with Crippen molar-refractivity contribution in [2.45, 2.75) is 58.2 Å². The first-order chi connectivity index (χ1) is 11.1. The predicted octanol–water partition coefficient (Wildman–Crippen LogP) is 3.75. The van der Waals surface area contributed by atoms with Gasteiger partial charge in [-0.2, -0.15) is 5.10 Å². The van der Waals surface area contributed by atoms with Crippen LogP contribution in [0.5, 0.6) is 0 Å². The van der Waals surface area contributed by atoms with E-state index in [0.29, 0.717) is 24.0 Å². The van der Waals surface area contributed by atoms with Crippen molar-refractivity contribution in [2.75, 3.05) is 0 Å². The van der Waals surface area contributed by atoms with Gasteiger partial charge in [0, 0.05) is 24.8 Å². The topological polar surface area (TPSA) is 67.2 Å². The number of aryl methyl sites for hydroxylation is 1. The van der Waals surface area contributed by atoms with Crippen LogP contribution in [0.3, 0.4) is 0 Å². The van der Waals surface area contributed by atoms with Crippen LogP contribution in [0.4, 0.5) is 0 Å². The maximum absolute atomic E-state index is 11.1. The summed E-state index contributed by atoms with van der Waals surface area (Å²) in [6.07, 6.45) is 8.55. The first kappa shape index (κ1) is 16.2. The van der Waals surface area contributed by atoms with Gasteiger partial charge in [0.1, 0.15) is 4.88 Å². The van der Waals surface area contributed by atoms with Crippen LogP contribution >= 0.6 is 11.3 Å². The minimum Gasteiger partial charge on any atom is -0.477 e. The molecule has 0 aliphatic heterocycles. The van der Waals surface area contributed by atoms with Crippen LogP contribution in [0.1, 0.15) is 64.6 Å². The molecule has 0 saturated heterocycles. The monoisotopic (exact) mass is 333 g/mol. The van der Waals surface area contributed by atoms with Crippen LogP contribution in [-0.4, -0.2) is 20.9 Å². The summed E-state index contributed by atoms with van der Waals surface area (Å²) in [5.41, 5.74) is 3.11. The van der Waals surface area contributed by atoms with Gasteiger partial charge in [-0.25, -0.2) is 4.79 Å². The molecular weight excluding hydrogens is 310 g/mol. The largest absolute Gasteiger partial charge is 0.477 e. The molecule has 1 saturated carbocycles. The lowest BCUT2D eigenvalue weighted by Gasteiger charge is -2.21. The van der Waals surface area contributed by atoms with E-state index in [-0.39, 0.29) is 0 Å². The molecule has 1 fully saturated rings. The molecule has 1 aliphatic rings. The van der Waals surface area contributed by atoms with Gasteiger partial charge in [0.25, 0.3) is 0 Å². The van der Waals surface area contributed by atoms with Crippen LogP contribution in [0.25, 0.3) is 0 Å². The second kappa shape index (κ2) is 7.27. The zero-order valence-corrected chi connectivity index (χ0v) is 14.2. The minimum absolute atomic E-state index is 0.423. The molecule has 0 aromatic carbocycles. The highest BCUT2D eigenvalue weighted by Gasteiger charge is 2.17. The first-order valence-corrected chi connectivity index (χ1v) is 9.08. The minimum atomic E-state index is -0.849. The van der Waals surface area contributed by atoms with Gasteiger partial charge >= 0.3 is 5.97 Å². The molecule has 2 N–H and O–H groups in total. The number of aromatic nitrogens is 2. The van der Waals surface area contributed by atoms with Crippen molar-refractivity contribution in [3.05, 3.63) is 39.3 Å². The van der Waals surface area contributed by atoms with Gasteiger partial charge in [-0.1, -0.05) is 19.3 Å². The van der Waals surface area contributed by atoms with E-state index in [4.69, 9.17) is 5.11 Å². The van der Waals surface area contributed by atoms with Crippen LogP contribution in [0.2, 0.25) is 0 Å². The van der Waals surface area contributed by atoms with Crippen molar-refractivity contribution < 1.29 is 9.90 Å². The summed E-state index contributed by atoms with van der Waals surface area (Å²) >= 11 is 1.27. The molecule has 0 spiro atoms. The Balaban J connectivity index is 1.59.